The van der Waals surface area contributed by atoms with Crippen molar-refractivity contribution in [3.63, 3.8) is 0 Å². The zero-order valence-corrected chi connectivity index (χ0v) is 11.9. The van der Waals surface area contributed by atoms with E-state index in [-0.39, 0.29) is 0 Å². The van der Waals surface area contributed by atoms with Gasteiger partial charge in [-0.1, -0.05) is 32.4 Å². The van der Waals surface area contributed by atoms with Crippen LogP contribution in [0, 0.1) is 0 Å². The minimum Gasteiger partial charge on any atom is -0.329 e. The summed E-state index contributed by atoms with van der Waals surface area (Å²) in [6.07, 6.45) is 2.03. The maximum atomic E-state index is 12.3. The quantitative estimate of drug-likeness (QED) is 0.818. The van der Waals surface area contributed by atoms with E-state index in [4.69, 9.17) is 5.73 Å². The zero-order chi connectivity index (χ0) is 13.6. The van der Waals surface area contributed by atoms with Gasteiger partial charge in [-0.05, 0) is 24.1 Å². The number of sulfonamides is 1. The van der Waals surface area contributed by atoms with Gasteiger partial charge in [0.15, 0.2) is 0 Å². The Balaban J connectivity index is 2.97. The summed E-state index contributed by atoms with van der Waals surface area (Å²) >= 11 is 0. The number of nitrogens with two attached hydrogens (primary N) is 1. The molecule has 0 unspecified atom stereocenters. The van der Waals surface area contributed by atoms with Gasteiger partial charge in [0.05, 0.1) is 4.90 Å². The molecule has 1 aromatic rings. The maximum absolute atomic E-state index is 12.3. The van der Waals surface area contributed by atoms with Gasteiger partial charge >= 0.3 is 0 Å². The van der Waals surface area contributed by atoms with Gasteiger partial charge in [0.2, 0.25) is 10.0 Å². The highest BCUT2D eigenvalue weighted by Crippen LogP contribution is 2.16. The fourth-order valence-electron chi connectivity index (χ4n) is 1.86. The lowest BCUT2D eigenvalue weighted by molar-refractivity contribution is 0.435. The van der Waals surface area contributed by atoms with Gasteiger partial charge in [0.1, 0.15) is 0 Å². The van der Waals surface area contributed by atoms with Crippen molar-refractivity contribution in [1.29, 1.82) is 0 Å². The number of benzene rings is 1. The van der Waals surface area contributed by atoms with E-state index in [0.29, 0.717) is 24.5 Å². The largest absolute Gasteiger partial charge is 0.329 e. The summed E-state index contributed by atoms with van der Waals surface area (Å²) in [7, 11) is -3.39. The molecule has 4 nitrogen and oxygen atoms in total. The second-order valence-electron chi connectivity index (χ2n) is 4.18. The summed E-state index contributed by atoms with van der Waals surface area (Å²) in [5, 5.41) is 0. The van der Waals surface area contributed by atoms with E-state index in [2.05, 4.69) is 6.92 Å². The van der Waals surface area contributed by atoms with Crippen molar-refractivity contribution < 1.29 is 8.42 Å². The SMILES string of the molecule is CCCc1ccc(S(=O)(=O)N(CC)CCN)cc1. The molecule has 0 atom stereocenters. The first-order valence-electron chi connectivity index (χ1n) is 6.35. The van der Waals surface area contributed by atoms with Crippen LogP contribution in [-0.4, -0.2) is 32.4 Å². The lowest BCUT2D eigenvalue weighted by Crippen LogP contribution is -2.35. The van der Waals surface area contributed by atoms with E-state index >= 15 is 0 Å². The Labute approximate surface area is 110 Å². The van der Waals surface area contributed by atoms with E-state index in [1.165, 1.54) is 9.87 Å². The lowest BCUT2D eigenvalue weighted by Gasteiger charge is -2.19. The van der Waals surface area contributed by atoms with Gasteiger partial charge in [0.25, 0.3) is 0 Å². The van der Waals surface area contributed by atoms with Crippen LogP contribution in [0.2, 0.25) is 0 Å². The molecular weight excluding hydrogens is 248 g/mol. The molecule has 2 N–H and O–H groups in total. The van der Waals surface area contributed by atoms with Crippen molar-refractivity contribution in [3.05, 3.63) is 29.8 Å². The third kappa shape index (κ3) is 3.54. The van der Waals surface area contributed by atoms with Crippen LogP contribution < -0.4 is 5.73 Å². The summed E-state index contributed by atoms with van der Waals surface area (Å²) in [5.41, 5.74) is 6.60. The third-order valence-electron chi connectivity index (χ3n) is 2.83. The Kier molecular flexibility index (Phi) is 5.78. The van der Waals surface area contributed by atoms with Crippen LogP contribution in [0.1, 0.15) is 25.8 Å². The predicted octanol–water partition coefficient (Wildman–Crippen LogP) is 1.61. The maximum Gasteiger partial charge on any atom is 0.243 e. The molecule has 5 heteroatoms. The van der Waals surface area contributed by atoms with E-state index in [0.717, 1.165) is 12.8 Å². The highest BCUT2D eigenvalue weighted by molar-refractivity contribution is 7.89. The number of aryl methyl sites for hydroxylation is 1. The molecule has 18 heavy (non-hydrogen) atoms. The molecule has 0 saturated heterocycles. The van der Waals surface area contributed by atoms with Crippen LogP contribution in [0.4, 0.5) is 0 Å². The monoisotopic (exact) mass is 270 g/mol. The predicted molar refractivity (Wildman–Crippen MR) is 73.9 cm³/mol. The second kappa shape index (κ2) is 6.87. The molecule has 1 aromatic carbocycles. The van der Waals surface area contributed by atoms with E-state index in [1.807, 2.05) is 19.1 Å². The first-order valence-corrected chi connectivity index (χ1v) is 7.79. The molecule has 1 rings (SSSR count). The fourth-order valence-corrected chi connectivity index (χ4v) is 3.32. The van der Waals surface area contributed by atoms with Crippen LogP contribution in [0.25, 0.3) is 0 Å². The number of rotatable bonds is 7. The summed E-state index contributed by atoms with van der Waals surface area (Å²) in [6, 6.07) is 7.12. The fraction of sp³-hybridized carbons (Fsp3) is 0.538. The van der Waals surface area contributed by atoms with Crippen LogP contribution in [-0.2, 0) is 16.4 Å². The van der Waals surface area contributed by atoms with Crippen LogP contribution in [0.5, 0.6) is 0 Å². The second-order valence-corrected chi connectivity index (χ2v) is 6.12. The van der Waals surface area contributed by atoms with Crippen LogP contribution >= 0.6 is 0 Å². The van der Waals surface area contributed by atoms with Gasteiger partial charge in [0, 0.05) is 19.6 Å². The van der Waals surface area contributed by atoms with Crippen molar-refractivity contribution in [3.8, 4) is 0 Å². The van der Waals surface area contributed by atoms with Gasteiger partial charge < -0.3 is 5.73 Å². The van der Waals surface area contributed by atoms with E-state index in [9.17, 15) is 8.42 Å². The minimum atomic E-state index is -3.39. The van der Waals surface area contributed by atoms with Gasteiger partial charge in [-0.15, -0.1) is 0 Å². The van der Waals surface area contributed by atoms with Gasteiger partial charge in [-0.3, -0.25) is 0 Å². The Morgan fingerprint density at radius 1 is 1.17 bits per heavy atom. The molecule has 0 aliphatic rings. The molecule has 0 radical (unpaired) electrons. The average molecular weight is 270 g/mol. The molecule has 0 fully saturated rings. The normalized spacial score (nSPS) is 12.0. The third-order valence-corrected chi connectivity index (χ3v) is 4.82. The molecule has 102 valence electrons. The van der Waals surface area contributed by atoms with Crippen molar-refractivity contribution in [2.45, 2.75) is 31.6 Å². The summed E-state index contributed by atoms with van der Waals surface area (Å²) in [4.78, 5) is 0.345. The van der Waals surface area contributed by atoms with Crippen molar-refractivity contribution >= 4 is 10.0 Å². The molecule has 0 aliphatic heterocycles. The smallest absolute Gasteiger partial charge is 0.243 e. The Hall–Kier alpha value is -0.910. The molecule has 0 aromatic heterocycles. The Morgan fingerprint density at radius 3 is 2.22 bits per heavy atom. The van der Waals surface area contributed by atoms with Crippen molar-refractivity contribution in [1.82, 2.24) is 4.31 Å². The van der Waals surface area contributed by atoms with Crippen LogP contribution in [0.15, 0.2) is 29.2 Å². The Morgan fingerprint density at radius 2 is 1.78 bits per heavy atom. The molecule has 0 heterocycles. The first kappa shape index (κ1) is 15.1. The highest BCUT2D eigenvalue weighted by atomic mass is 32.2. The highest BCUT2D eigenvalue weighted by Gasteiger charge is 2.21. The number of likely N-dealkylation sites (N-methyl/N-ethyl adjacent to an activating group) is 1. The number of hydrogen-bond acceptors (Lipinski definition) is 3. The zero-order valence-electron chi connectivity index (χ0n) is 11.1. The molecule has 0 saturated carbocycles. The van der Waals surface area contributed by atoms with E-state index in [1.54, 1.807) is 12.1 Å². The standard InChI is InChI=1S/C13H22N2O2S/c1-3-5-12-6-8-13(9-7-12)18(16,17)15(4-2)11-10-14/h6-9H,3-5,10-11,14H2,1-2H3. The topological polar surface area (TPSA) is 63.4 Å². The summed E-state index contributed by atoms with van der Waals surface area (Å²) < 4.78 is 26.0. The van der Waals surface area contributed by atoms with Crippen molar-refractivity contribution in [2.75, 3.05) is 19.6 Å². The van der Waals surface area contributed by atoms with Crippen molar-refractivity contribution in [2.24, 2.45) is 5.73 Å². The van der Waals surface area contributed by atoms with Gasteiger partial charge in [-0.2, -0.15) is 4.31 Å². The average Bonchev–Trinajstić information content (AvgIpc) is 2.36. The lowest BCUT2D eigenvalue weighted by atomic mass is 10.1. The summed E-state index contributed by atoms with van der Waals surface area (Å²) in [5.74, 6) is 0. The molecule has 0 aliphatic carbocycles. The molecular formula is C13H22N2O2S. The van der Waals surface area contributed by atoms with Crippen LogP contribution in [0.3, 0.4) is 0 Å². The molecule has 0 bridgehead atoms. The molecule has 0 spiro atoms. The number of hydrogen-bond donors (Lipinski definition) is 1. The molecule has 0 amide bonds. The minimum absolute atomic E-state index is 0.334. The number of nitrogens with zero attached hydrogens (tertiary/aromatic N) is 1. The van der Waals surface area contributed by atoms with E-state index < -0.39 is 10.0 Å². The van der Waals surface area contributed by atoms with Gasteiger partial charge in [-0.25, -0.2) is 8.42 Å². The Bertz CT molecular complexity index is 454. The summed E-state index contributed by atoms with van der Waals surface area (Å²) in [6.45, 7) is 5.05. The first-order chi connectivity index (χ1) is 8.56.